The Morgan fingerprint density at radius 3 is 2.80 bits per heavy atom. The highest BCUT2D eigenvalue weighted by molar-refractivity contribution is 6.33. The minimum Gasteiger partial charge on any atom is -0.394 e. The van der Waals surface area contributed by atoms with Crippen LogP contribution >= 0.6 is 11.6 Å². The molecule has 2 atom stereocenters. The first-order valence-electron chi connectivity index (χ1n) is 13.1. The number of likely N-dealkylation sites (tertiary alicyclic amines) is 1. The van der Waals surface area contributed by atoms with Gasteiger partial charge in [-0.15, -0.1) is 0 Å². The van der Waals surface area contributed by atoms with Crippen LogP contribution in [0.5, 0.6) is 0 Å². The zero-order chi connectivity index (χ0) is 28.4. The van der Waals surface area contributed by atoms with E-state index in [1.807, 2.05) is 43.3 Å². The van der Waals surface area contributed by atoms with Crippen molar-refractivity contribution >= 4 is 35.3 Å². The fraction of sp³-hybridized carbons (Fsp3) is 0.345. The van der Waals surface area contributed by atoms with Crippen molar-refractivity contribution in [3.63, 3.8) is 0 Å². The van der Waals surface area contributed by atoms with Gasteiger partial charge in [-0.1, -0.05) is 53.6 Å². The van der Waals surface area contributed by atoms with E-state index in [4.69, 9.17) is 11.6 Å². The van der Waals surface area contributed by atoms with E-state index in [9.17, 15) is 19.5 Å². The highest BCUT2D eigenvalue weighted by Crippen LogP contribution is 2.32. The second-order valence-corrected chi connectivity index (χ2v) is 10.7. The molecule has 2 unspecified atom stereocenters. The highest BCUT2D eigenvalue weighted by atomic mass is 35.5. The number of hydrogen-bond donors (Lipinski definition) is 3. The van der Waals surface area contributed by atoms with Crippen LogP contribution in [0.2, 0.25) is 5.02 Å². The molecule has 40 heavy (non-hydrogen) atoms. The van der Waals surface area contributed by atoms with Crippen LogP contribution < -0.4 is 10.6 Å². The molecule has 2 aromatic carbocycles. The number of carbonyl (C=O) groups excluding carboxylic acids is 3. The Labute approximate surface area is 237 Å². The fourth-order valence-corrected chi connectivity index (χ4v) is 5.26. The van der Waals surface area contributed by atoms with E-state index in [1.54, 1.807) is 18.0 Å². The van der Waals surface area contributed by atoms with Gasteiger partial charge in [-0.3, -0.25) is 14.4 Å². The molecule has 1 saturated heterocycles. The Hall–Kier alpha value is -4.02. The maximum absolute atomic E-state index is 13.2. The number of aliphatic hydroxyl groups is 1. The third-order valence-electron chi connectivity index (χ3n) is 7.30. The molecule has 10 nitrogen and oxygen atoms in total. The number of benzene rings is 2. The average molecular weight is 563 g/mol. The largest absolute Gasteiger partial charge is 0.394 e. The Balaban J connectivity index is 1.27. The van der Waals surface area contributed by atoms with E-state index in [0.717, 1.165) is 23.1 Å². The molecule has 11 heteroatoms. The summed E-state index contributed by atoms with van der Waals surface area (Å²) in [5.74, 6) is -0.199. The second-order valence-electron chi connectivity index (χ2n) is 10.3. The molecule has 5 rings (SSSR count). The van der Waals surface area contributed by atoms with Crippen molar-refractivity contribution in [1.29, 1.82) is 0 Å². The molecule has 2 aliphatic rings. The standard InChI is InChI=1S/C29H31ClN6O4/c1-17-4-3-5-18(10-17)24(16-37)33-25(38)15-36-14-20-7-6-19(11-22(20)28(36)40)27-23(30)13-31-29(34-27)32-21-8-9-35(2)26(39)12-21/h3-7,10-11,13,21,24,37H,8-9,12,14-16H2,1-2H3,(H,33,38)(H,31,32,34). The van der Waals surface area contributed by atoms with Gasteiger partial charge >= 0.3 is 0 Å². The van der Waals surface area contributed by atoms with Crippen LogP contribution in [0.1, 0.15) is 45.9 Å². The Morgan fingerprint density at radius 2 is 2.05 bits per heavy atom. The van der Waals surface area contributed by atoms with Crippen LogP contribution in [0.25, 0.3) is 11.3 Å². The Kier molecular flexibility index (Phi) is 7.99. The van der Waals surface area contributed by atoms with Crippen molar-refractivity contribution in [3.8, 4) is 11.3 Å². The summed E-state index contributed by atoms with van der Waals surface area (Å²) < 4.78 is 0. The molecule has 0 spiro atoms. The average Bonchev–Trinajstić information content (AvgIpc) is 3.24. The molecule has 3 N–H and O–H groups in total. The van der Waals surface area contributed by atoms with Crippen LogP contribution in [0.4, 0.5) is 5.95 Å². The first-order valence-corrected chi connectivity index (χ1v) is 13.5. The number of fused-ring (bicyclic) bond motifs is 1. The van der Waals surface area contributed by atoms with Crippen LogP contribution in [-0.4, -0.2) is 75.4 Å². The number of piperidine rings is 1. The minimum atomic E-state index is -0.561. The number of amides is 3. The van der Waals surface area contributed by atoms with E-state index >= 15 is 0 Å². The third kappa shape index (κ3) is 5.93. The lowest BCUT2D eigenvalue weighted by Crippen LogP contribution is -2.41. The number of aromatic nitrogens is 2. The van der Waals surface area contributed by atoms with Crippen molar-refractivity contribution in [2.45, 2.75) is 38.4 Å². The topological polar surface area (TPSA) is 128 Å². The zero-order valence-electron chi connectivity index (χ0n) is 22.4. The van der Waals surface area contributed by atoms with Crippen molar-refractivity contribution < 1.29 is 19.5 Å². The van der Waals surface area contributed by atoms with Crippen LogP contribution in [0.15, 0.2) is 48.7 Å². The summed E-state index contributed by atoms with van der Waals surface area (Å²) in [4.78, 5) is 50.2. The molecule has 0 aliphatic carbocycles. The molecular formula is C29H31ClN6O4. The van der Waals surface area contributed by atoms with Crippen LogP contribution in [0, 0.1) is 6.92 Å². The number of aliphatic hydroxyl groups excluding tert-OH is 1. The molecule has 0 bridgehead atoms. The fourth-order valence-electron chi connectivity index (χ4n) is 5.06. The van der Waals surface area contributed by atoms with Crippen molar-refractivity contribution in [3.05, 3.63) is 75.9 Å². The van der Waals surface area contributed by atoms with Gasteiger partial charge in [-0.2, -0.15) is 0 Å². The first kappa shape index (κ1) is 27.5. The van der Waals surface area contributed by atoms with E-state index in [-0.39, 0.29) is 36.9 Å². The highest BCUT2D eigenvalue weighted by Gasteiger charge is 2.30. The summed E-state index contributed by atoms with van der Waals surface area (Å²) in [5, 5.41) is 16.2. The van der Waals surface area contributed by atoms with Crippen molar-refractivity contribution in [2.75, 3.05) is 32.1 Å². The lowest BCUT2D eigenvalue weighted by molar-refractivity contribution is -0.132. The van der Waals surface area contributed by atoms with Gasteiger partial charge in [-0.05, 0) is 30.5 Å². The molecular weight excluding hydrogens is 532 g/mol. The number of anilines is 1. The number of carbonyl (C=O) groups is 3. The predicted molar refractivity (Wildman–Crippen MR) is 151 cm³/mol. The number of rotatable bonds is 8. The van der Waals surface area contributed by atoms with Gasteiger partial charge in [0.25, 0.3) is 5.91 Å². The van der Waals surface area contributed by atoms with Crippen LogP contribution in [0.3, 0.4) is 0 Å². The van der Waals surface area contributed by atoms with Gasteiger partial charge in [0.2, 0.25) is 17.8 Å². The lowest BCUT2D eigenvalue weighted by Gasteiger charge is -2.29. The molecule has 3 amide bonds. The molecule has 0 radical (unpaired) electrons. The summed E-state index contributed by atoms with van der Waals surface area (Å²) in [6, 6.07) is 12.3. The van der Waals surface area contributed by atoms with Gasteiger partial charge in [0.1, 0.15) is 6.54 Å². The van der Waals surface area contributed by atoms with E-state index in [1.165, 1.54) is 11.1 Å². The Morgan fingerprint density at radius 1 is 1.23 bits per heavy atom. The number of halogens is 1. The molecule has 3 heterocycles. The summed E-state index contributed by atoms with van der Waals surface area (Å²) in [5.41, 5.74) is 4.21. The normalized spacial score (nSPS) is 17.6. The summed E-state index contributed by atoms with van der Waals surface area (Å²) >= 11 is 6.44. The van der Waals surface area contributed by atoms with Gasteiger partial charge in [0, 0.05) is 43.7 Å². The second kappa shape index (κ2) is 11.6. The number of hydrogen-bond acceptors (Lipinski definition) is 7. The molecule has 0 saturated carbocycles. The van der Waals surface area contributed by atoms with Gasteiger partial charge < -0.3 is 25.5 Å². The monoisotopic (exact) mass is 562 g/mol. The molecule has 2 aliphatic heterocycles. The smallest absolute Gasteiger partial charge is 0.254 e. The summed E-state index contributed by atoms with van der Waals surface area (Å²) in [7, 11) is 1.79. The van der Waals surface area contributed by atoms with Crippen molar-refractivity contribution in [1.82, 2.24) is 25.1 Å². The maximum Gasteiger partial charge on any atom is 0.254 e. The zero-order valence-corrected chi connectivity index (χ0v) is 23.1. The lowest BCUT2D eigenvalue weighted by atomic mass is 10.0. The molecule has 1 fully saturated rings. The predicted octanol–water partition coefficient (Wildman–Crippen LogP) is 2.94. The van der Waals surface area contributed by atoms with E-state index in [2.05, 4.69) is 20.6 Å². The van der Waals surface area contributed by atoms with Gasteiger partial charge in [0.15, 0.2) is 0 Å². The number of aryl methyl sites for hydroxylation is 1. The summed E-state index contributed by atoms with van der Waals surface area (Å²) in [6.07, 6.45) is 2.64. The minimum absolute atomic E-state index is 0.0651. The molecule has 3 aromatic rings. The number of nitrogens with one attached hydrogen (secondary N) is 2. The van der Waals surface area contributed by atoms with Gasteiger partial charge in [0.05, 0.1) is 29.6 Å². The molecule has 208 valence electrons. The first-order chi connectivity index (χ1) is 19.2. The van der Waals surface area contributed by atoms with E-state index < -0.39 is 6.04 Å². The van der Waals surface area contributed by atoms with Gasteiger partial charge in [-0.25, -0.2) is 9.97 Å². The summed E-state index contributed by atoms with van der Waals surface area (Å²) in [6.45, 7) is 2.51. The van der Waals surface area contributed by atoms with Crippen LogP contribution in [-0.2, 0) is 16.1 Å². The maximum atomic E-state index is 13.2. The third-order valence-corrected chi connectivity index (χ3v) is 7.57. The SMILES string of the molecule is Cc1cccc(C(CO)NC(=O)CN2Cc3ccc(-c4nc(NC5CCN(C)C(=O)C5)ncc4Cl)cc3C2=O)c1. The van der Waals surface area contributed by atoms with E-state index in [0.29, 0.717) is 47.3 Å². The Bertz CT molecular complexity index is 1460. The number of nitrogens with zero attached hydrogens (tertiary/aromatic N) is 4. The molecule has 1 aromatic heterocycles. The quantitative estimate of drug-likeness (QED) is 0.385. The van der Waals surface area contributed by atoms with Crippen molar-refractivity contribution in [2.24, 2.45) is 0 Å².